The van der Waals surface area contributed by atoms with E-state index in [0.29, 0.717) is 19.6 Å². The van der Waals surface area contributed by atoms with Gasteiger partial charge in [-0.15, -0.1) is 0 Å². The fourth-order valence-corrected chi connectivity index (χ4v) is 2.71. The largest absolute Gasteiger partial charge is 0.490 e. The van der Waals surface area contributed by atoms with E-state index in [2.05, 4.69) is 20.9 Å². The van der Waals surface area contributed by atoms with Gasteiger partial charge in [-0.2, -0.15) is 39.5 Å². The number of rotatable bonds is 19. The van der Waals surface area contributed by atoms with Gasteiger partial charge in [0.25, 0.3) is 0 Å². The molecule has 0 radical (unpaired) electrons. The number of nitrogens with two attached hydrogens (primary N) is 3. The third kappa shape index (κ3) is 46.0. The fourth-order valence-electron chi connectivity index (χ4n) is 2.71. The maximum Gasteiger partial charge on any atom is 0.490 e. The molecule has 50 heavy (non-hydrogen) atoms. The topological polar surface area (TPSA) is 273 Å². The van der Waals surface area contributed by atoms with Gasteiger partial charge in [0, 0.05) is 25.7 Å². The average Bonchev–Trinajstić information content (AvgIpc) is 2.94. The van der Waals surface area contributed by atoms with Crippen LogP contribution < -0.4 is 33.2 Å². The van der Waals surface area contributed by atoms with Gasteiger partial charge < -0.3 is 48.5 Å². The summed E-state index contributed by atoms with van der Waals surface area (Å²) in [4.78, 5) is 54.1. The highest BCUT2D eigenvalue weighted by molar-refractivity contribution is 5.96. The second-order valence-corrected chi connectivity index (χ2v) is 9.94. The first kappa shape index (κ1) is 52.7. The van der Waals surface area contributed by atoms with Gasteiger partial charge in [0.1, 0.15) is 6.42 Å². The number of halogens is 9. The first-order valence-electron chi connectivity index (χ1n) is 14.7. The van der Waals surface area contributed by atoms with Crippen LogP contribution in [0.3, 0.4) is 0 Å². The molecular formula is C26H46F9N7O8. The number of hydrogen-bond acceptors (Lipinski definition) is 8. The van der Waals surface area contributed by atoms with Crippen molar-refractivity contribution in [1.82, 2.24) is 16.0 Å². The van der Waals surface area contributed by atoms with Crippen LogP contribution in [0.25, 0.3) is 0 Å². The number of carboxylic acids is 3. The first-order valence-corrected chi connectivity index (χ1v) is 14.7. The molecular weight excluding hydrogens is 709 g/mol. The lowest BCUT2D eigenvalue weighted by Crippen LogP contribution is -2.33. The molecule has 15 nitrogen and oxygen atoms in total. The van der Waals surface area contributed by atoms with Crippen molar-refractivity contribution >= 4 is 35.7 Å². The average molecular weight is 756 g/mol. The van der Waals surface area contributed by atoms with Gasteiger partial charge in [0.15, 0.2) is 5.96 Å². The zero-order valence-corrected chi connectivity index (χ0v) is 27.1. The summed E-state index contributed by atoms with van der Waals surface area (Å²) in [5, 5.41) is 30.3. The van der Waals surface area contributed by atoms with E-state index in [1.807, 2.05) is 6.92 Å². The SMILES string of the molecule is CC(N)CCNCCCCNC(=O)CC(=O)NCCCCCCCCN=C(N)N.O=C(O)C(F)(F)F.O=C(O)C(F)(F)F.O=C(O)C(F)(F)F. The van der Waals surface area contributed by atoms with E-state index in [4.69, 9.17) is 46.9 Å². The van der Waals surface area contributed by atoms with E-state index in [1.165, 1.54) is 0 Å². The minimum absolute atomic E-state index is 0.0998. The van der Waals surface area contributed by atoms with E-state index in [-0.39, 0.29) is 30.2 Å². The third-order valence-electron chi connectivity index (χ3n) is 5.13. The Morgan fingerprint density at radius 1 is 0.600 bits per heavy atom. The van der Waals surface area contributed by atoms with Crippen LogP contribution >= 0.6 is 0 Å². The monoisotopic (exact) mass is 755 g/mol. The number of carboxylic acid groups (broad SMARTS) is 3. The highest BCUT2D eigenvalue weighted by Gasteiger charge is 2.39. The molecule has 0 saturated carbocycles. The Kier molecular flexibility index (Phi) is 31.4. The molecule has 0 spiro atoms. The fraction of sp³-hybridized carbons (Fsp3) is 0.769. The Morgan fingerprint density at radius 2 is 0.920 bits per heavy atom. The Balaban J connectivity index is -0.000000403. The van der Waals surface area contributed by atoms with E-state index in [0.717, 1.165) is 70.9 Å². The number of nitrogens with one attached hydrogen (secondary N) is 3. The summed E-state index contributed by atoms with van der Waals surface area (Å²) in [6.45, 7) is 5.74. The number of unbranched alkanes of at least 4 members (excludes halogenated alkanes) is 6. The number of guanidine groups is 1. The maximum atomic E-state index is 11.8. The van der Waals surface area contributed by atoms with Crippen molar-refractivity contribution in [1.29, 1.82) is 0 Å². The Labute approximate surface area is 281 Å². The highest BCUT2D eigenvalue weighted by Crippen LogP contribution is 2.14. The van der Waals surface area contributed by atoms with E-state index < -0.39 is 36.4 Å². The summed E-state index contributed by atoms with van der Waals surface area (Å²) in [6.07, 6.45) is -6.16. The maximum absolute atomic E-state index is 11.8. The van der Waals surface area contributed by atoms with E-state index in [9.17, 15) is 49.1 Å². The molecule has 0 aromatic carbocycles. The van der Waals surface area contributed by atoms with Gasteiger partial charge in [-0.05, 0) is 52.1 Å². The molecule has 12 N–H and O–H groups in total. The molecule has 0 aliphatic carbocycles. The normalized spacial score (nSPS) is 11.5. The van der Waals surface area contributed by atoms with Crippen molar-refractivity contribution in [3.63, 3.8) is 0 Å². The third-order valence-corrected chi connectivity index (χ3v) is 5.13. The van der Waals surface area contributed by atoms with Crippen molar-refractivity contribution in [3.8, 4) is 0 Å². The Morgan fingerprint density at radius 3 is 1.26 bits per heavy atom. The van der Waals surface area contributed by atoms with Crippen LogP contribution in [0, 0.1) is 0 Å². The molecule has 0 aliphatic rings. The molecule has 2 amide bonds. The molecule has 0 rings (SSSR count). The molecule has 0 saturated heterocycles. The summed E-state index contributed by atoms with van der Waals surface area (Å²) < 4.78 is 95.2. The van der Waals surface area contributed by atoms with E-state index in [1.54, 1.807) is 0 Å². The van der Waals surface area contributed by atoms with Crippen LogP contribution in [-0.4, -0.2) is 108 Å². The summed E-state index contributed by atoms with van der Waals surface area (Å²) in [5.74, 6) is -8.55. The van der Waals surface area contributed by atoms with Crippen LogP contribution in [0.2, 0.25) is 0 Å². The molecule has 296 valence electrons. The molecule has 0 aromatic heterocycles. The molecule has 0 heterocycles. The lowest BCUT2D eigenvalue weighted by molar-refractivity contribution is -0.193. The van der Waals surface area contributed by atoms with Crippen LogP contribution in [0.15, 0.2) is 4.99 Å². The zero-order chi connectivity index (χ0) is 40.0. The number of carbonyl (C=O) groups is 5. The zero-order valence-electron chi connectivity index (χ0n) is 27.1. The quantitative estimate of drug-likeness (QED) is 0.0302. The van der Waals surface area contributed by atoms with Gasteiger partial charge in [-0.1, -0.05) is 25.7 Å². The van der Waals surface area contributed by atoms with Gasteiger partial charge >= 0.3 is 36.4 Å². The minimum atomic E-state index is -5.08. The lowest BCUT2D eigenvalue weighted by atomic mass is 10.1. The van der Waals surface area contributed by atoms with Crippen LogP contribution in [0.1, 0.15) is 71.1 Å². The van der Waals surface area contributed by atoms with Gasteiger partial charge in [0.05, 0.1) is 0 Å². The van der Waals surface area contributed by atoms with Crippen molar-refractivity contribution in [2.75, 3.05) is 32.7 Å². The molecule has 0 fully saturated rings. The molecule has 24 heteroatoms. The van der Waals surface area contributed by atoms with Crippen molar-refractivity contribution in [3.05, 3.63) is 0 Å². The first-order chi connectivity index (χ1) is 22.7. The minimum Gasteiger partial charge on any atom is -0.475 e. The Hall–Kier alpha value is -4.09. The van der Waals surface area contributed by atoms with Gasteiger partial charge in [-0.3, -0.25) is 14.6 Å². The number of carbonyl (C=O) groups excluding carboxylic acids is 2. The van der Waals surface area contributed by atoms with Crippen LogP contribution in [0.4, 0.5) is 39.5 Å². The van der Waals surface area contributed by atoms with Gasteiger partial charge in [0.2, 0.25) is 11.8 Å². The highest BCUT2D eigenvalue weighted by atomic mass is 19.4. The van der Waals surface area contributed by atoms with Crippen molar-refractivity contribution in [2.24, 2.45) is 22.2 Å². The standard InChI is InChI=1S/C20H43N7O2.3C2HF3O2/c1-17(21)10-15-24-11-8-9-13-26-19(29)16-18(28)25-12-6-4-2-3-5-7-14-27-20(22)23;3*3-2(4,5)1(6)7/h17,24H,2-16,21H2,1H3,(H,25,28)(H,26,29)(H4,22,23,27);3*(H,6,7). The number of aliphatic imine (C=N–C) groups is 1. The number of nitrogens with zero attached hydrogens (tertiary/aromatic N) is 1. The smallest absolute Gasteiger partial charge is 0.475 e. The molecule has 0 aliphatic heterocycles. The second kappa shape index (κ2) is 29.8. The predicted octanol–water partition coefficient (Wildman–Crippen LogP) is 2.23. The summed E-state index contributed by atoms with van der Waals surface area (Å²) >= 11 is 0. The molecule has 1 unspecified atom stereocenters. The summed E-state index contributed by atoms with van der Waals surface area (Å²) in [6, 6.07) is 0.223. The number of aliphatic carboxylic acids is 3. The number of alkyl halides is 9. The molecule has 1 atom stereocenters. The number of hydrogen-bond donors (Lipinski definition) is 9. The lowest BCUT2D eigenvalue weighted by Gasteiger charge is -2.08. The Bertz CT molecular complexity index is 935. The van der Waals surface area contributed by atoms with Gasteiger partial charge in [-0.25, -0.2) is 14.4 Å². The van der Waals surface area contributed by atoms with E-state index >= 15 is 0 Å². The van der Waals surface area contributed by atoms with Crippen LogP contribution in [0.5, 0.6) is 0 Å². The summed E-state index contributed by atoms with van der Waals surface area (Å²) in [7, 11) is 0. The van der Waals surface area contributed by atoms with Crippen molar-refractivity contribution in [2.45, 2.75) is 95.7 Å². The molecule has 0 bridgehead atoms. The van der Waals surface area contributed by atoms with Crippen LogP contribution in [-0.2, 0) is 24.0 Å². The summed E-state index contributed by atoms with van der Waals surface area (Å²) in [5.41, 5.74) is 16.2. The van der Waals surface area contributed by atoms with Crippen molar-refractivity contribution < 1.29 is 78.8 Å². The predicted molar refractivity (Wildman–Crippen MR) is 160 cm³/mol. The second-order valence-electron chi connectivity index (χ2n) is 9.94. The molecule has 0 aromatic rings. The number of amides is 2.